The molecule has 1 aliphatic heterocycles. The van der Waals surface area contributed by atoms with E-state index in [0.717, 1.165) is 13.0 Å². The molecule has 3 rings (SSSR count). The summed E-state index contributed by atoms with van der Waals surface area (Å²) >= 11 is 0. The molecule has 0 amide bonds. The van der Waals surface area contributed by atoms with Gasteiger partial charge in [-0.3, -0.25) is 0 Å². The van der Waals surface area contributed by atoms with Gasteiger partial charge in [0.1, 0.15) is 0 Å². The van der Waals surface area contributed by atoms with Crippen molar-refractivity contribution in [1.82, 2.24) is 15.2 Å². The molecule has 1 aliphatic rings. The van der Waals surface area contributed by atoms with Gasteiger partial charge in [0.15, 0.2) is 15.7 Å². The van der Waals surface area contributed by atoms with E-state index in [1.54, 1.807) is 11.1 Å². The molecule has 0 aliphatic carbocycles. The van der Waals surface area contributed by atoms with Gasteiger partial charge in [-0.05, 0) is 18.4 Å². The number of hydrogen-bond donors (Lipinski definition) is 1. The molecule has 8 heteroatoms. The second kappa shape index (κ2) is 7.12. The van der Waals surface area contributed by atoms with Crippen molar-refractivity contribution in [1.29, 1.82) is 0 Å². The molecule has 0 bridgehead atoms. The lowest BCUT2D eigenvalue weighted by atomic mass is 10.1. The molecule has 1 aromatic heterocycles. The zero-order valence-corrected chi connectivity index (χ0v) is 14.4. The van der Waals surface area contributed by atoms with Crippen LogP contribution in [0.1, 0.15) is 12.0 Å². The summed E-state index contributed by atoms with van der Waals surface area (Å²) in [6.07, 6.45) is 3.07. The number of nitrogens with zero attached hydrogens (tertiary/aromatic N) is 4. The molecule has 24 heavy (non-hydrogen) atoms. The quantitative estimate of drug-likeness (QED) is 0.838. The smallest absolute Gasteiger partial charge is 0.247 e. The number of aromatic nitrogens is 3. The largest absolute Gasteiger partial charge is 0.368 e. The van der Waals surface area contributed by atoms with Gasteiger partial charge in [-0.2, -0.15) is 10.1 Å². The summed E-state index contributed by atoms with van der Waals surface area (Å²) in [5, 5.41) is 11.2. The molecule has 1 aromatic carbocycles. The van der Waals surface area contributed by atoms with E-state index in [1.165, 1.54) is 5.56 Å². The van der Waals surface area contributed by atoms with Gasteiger partial charge in [0.25, 0.3) is 0 Å². The summed E-state index contributed by atoms with van der Waals surface area (Å²) < 4.78 is 23.2. The molecule has 1 atom stereocenters. The molecule has 1 unspecified atom stereocenters. The van der Waals surface area contributed by atoms with Crippen molar-refractivity contribution >= 4 is 21.6 Å². The van der Waals surface area contributed by atoms with E-state index in [1.807, 2.05) is 25.2 Å². The Morgan fingerprint density at radius 2 is 2.08 bits per heavy atom. The minimum absolute atomic E-state index is 0.0867. The van der Waals surface area contributed by atoms with Crippen LogP contribution in [0.3, 0.4) is 0 Å². The van der Waals surface area contributed by atoms with Crippen LogP contribution in [0.25, 0.3) is 0 Å². The normalized spacial score (nSPS) is 19.1. The summed E-state index contributed by atoms with van der Waals surface area (Å²) in [7, 11) is -1.12. The predicted octanol–water partition coefficient (Wildman–Crippen LogP) is 1.15. The van der Waals surface area contributed by atoms with Gasteiger partial charge < -0.3 is 10.2 Å². The fraction of sp³-hybridized carbons (Fsp3) is 0.438. The summed E-state index contributed by atoms with van der Waals surface area (Å²) in [4.78, 5) is 6.25. The summed E-state index contributed by atoms with van der Waals surface area (Å²) in [5.41, 5.74) is 1.25. The molecule has 2 heterocycles. The Labute approximate surface area is 142 Å². The van der Waals surface area contributed by atoms with Gasteiger partial charge in [-0.25, -0.2) is 8.42 Å². The van der Waals surface area contributed by atoms with Gasteiger partial charge in [-0.15, -0.1) is 5.10 Å². The highest BCUT2D eigenvalue weighted by atomic mass is 32.2. The zero-order chi connectivity index (χ0) is 17.0. The molecule has 1 N–H and O–H groups in total. The number of benzene rings is 1. The topological polar surface area (TPSA) is 88.1 Å². The Hall–Kier alpha value is -2.22. The predicted molar refractivity (Wildman–Crippen MR) is 93.9 cm³/mol. The third-order valence-corrected chi connectivity index (χ3v) is 5.93. The second-order valence-electron chi connectivity index (χ2n) is 5.97. The molecule has 128 valence electrons. The van der Waals surface area contributed by atoms with Crippen LogP contribution < -0.4 is 10.2 Å². The lowest BCUT2D eigenvalue weighted by Gasteiger charge is -2.22. The average Bonchev–Trinajstić information content (AvgIpc) is 2.95. The van der Waals surface area contributed by atoms with Crippen molar-refractivity contribution < 1.29 is 8.42 Å². The highest BCUT2D eigenvalue weighted by Gasteiger charge is 2.31. The number of sulfone groups is 1. The van der Waals surface area contributed by atoms with Crippen LogP contribution in [0.4, 0.5) is 11.8 Å². The minimum Gasteiger partial charge on any atom is -0.368 e. The highest BCUT2D eigenvalue weighted by molar-refractivity contribution is 7.91. The fourth-order valence-corrected chi connectivity index (χ4v) is 4.53. The van der Waals surface area contributed by atoms with Crippen LogP contribution in [0, 0.1) is 0 Å². The first-order valence-corrected chi connectivity index (χ1v) is 9.76. The molecule has 0 spiro atoms. The Morgan fingerprint density at radius 3 is 2.79 bits per heavy atom. The van der Waals surface area contributed by atoms with Crippen LogP contribution in [0.2, 0.25) is 0 Å². The van der Waals surface area contributed by atoms with Crippen LogP contribution in [-0.4, -0.2) is 54.7 Å². The van der Waals surface area contributed by atoms with E-state index in [4.69, 9.17) is 0 Å². The Balaban J connectivity index is 1.59. The maximum absolute atomic E-state index is 11.6. The van der Waals surface area contributed by atoms with E-state index in [-0.39, 0.29) is 17.5 Å². The van der Waals surface area contributed by atoms with Crippen LogP contribution in [-0.2, 0) is 16.3 Å². The van der Waals surface area contributed by atoms with Gasteiger partial charge in [0, 0.05) is 19.6 Å². The lowest BCUT2D eigenvalue weighted by Crippen LogP contribution is -2.34. The molecule has 1 saturated heterocycles. The molecule has 7 nitrogen and oxygen atoms in total. The summed E-state index contributed by atoms with van der Waals surface area (Å²) in [6, 6.07) is 10.1. The maximum atomic E-state index is 11.6. The second-order valence-corrected chi connectivity index (χ2v) is 8.20. The molecular formula is C16H21N5O2S. The monoisotopic (exact) mass is 347 g/mol. The van der Waals surface area contributed by atoms with E-state index in [2.05, 4.69) is 32.6 Å². The SMILES string of the molecule is CN(c1nncc(NCCc2ccccc2)n1)C1CCS(=O)(=O)C1. The first-order chi connectivity index (χ1) is 11.5. The van der Waals surface area contributed by atoms with Crippen molar-refractivity contribution in [3.63, 3.8) is 0 Å². The molecule has 2 aromatic rings. The van der Waals surface area contributed by atoms with E-state index < -0.39 is 9.84 Å². The van der Waals surface area contributed by atoms with Gasteiger partial charge >= 0.3 is 0 Å². The van der Waals surface area contributed by atoms with Crippen LogP contribution in [0.5, 0.6) is 0 Å². The Morgan fingerprint density at radius 1 is 1.29 bits per heavy atom. The minimum atomic E-state index is -2.94. The number of anilines is 2. The summed E-state index contributed by atoms with van der Waals surface area (Å²) in [6.45, 7) is 0.740. The van der Waals surface area contributed by atoms with Crippen molar-refractivity contribution in [2.45, 2.75) is 18.9 Å². The Kier molecular flexibility index (Phi) is 4.94. The maximum Gasteiger partial charge on any atom is 0.247 e. The number of nitrogens with one attached hydrogen (secondary N) is 1. The van der Waals surface area contributed by atoms with E-state index in [9.17, 15) is 8.42 Å². The Bertz CT molecular complexity index is 782. The van der Waals surface area contributed by atoms with Crippen molar-refractivity contribution in [3.05, 3.63) is 42.1 Å². The van der Waals surface area contributed by atoms with Gasteiger partial charge in [-0.1, -0.05) is 30.3 Å². The van der Waals surface area contributed by atoms with Gasteiger partial charge in [0.2, 0.25) is 5.95 Å². The average molecular weight is 347 g/mol. The lowest BCUT2D eigenvalue weighted by molar-refractivity contribution is 0.600. The van der Waals surface area contributed by atoms with Crippen molar-refractivity contribution in [3.8, 4) is 0 Å². The molecular weight excluding hydrogens is 326 g/mol. The third kappa shape index (κ3) is 4.19. The van der Waals surface area contributed by atoms with E-state index >= 15 is 0 Å². The first-order valence-electron chi connectivity index (χ1n) is 7.94. The number of rotatable bonds is 6. The van der Waals surface area contributed by atoms with Crippen molar-refractivity contribution in [2.75, 3.05) is 35.3 Å². The van der Waals surface area contributed by atoms with E-state index in [0.29, 0.717) is 18.2 Å². The third-order valence-electron chi connectivity index (χ3n) is 4.18. The van der Waals surface area contributed by atoms with Crippen LogP contribution >= 0.6 is 0 Å². The molecule has 0 radical (unpaired) electrons. The van der Waals surface area contributed by atoms with Crippen molar-refractivity contribution in [2.24, 2.45) is 0 Å². The highest BCUT2D eigenvalue weighted by Crippen LogP contribution is 2.20. The first kappa shape index (κ1) is 16.6. The fourth-order valence-electron chi connectivity index (χ4n) is 2.75. The van der Waals surface area contributed by atoms with Crippen LogP contribution in [0.15, 0.2) is 36.5 Å². The molecule has 1 fully saturated rings. The van der Waals surface area contributed by atoms with Gasteiger partial charge in [0.05, 0.1) is 17.7 Å². The standard InChI is InChI=1S/C16H21N5O2S/c1-21(14-8-10-24(22,23)12-14)16-19-15(11-18-20-16)17-9-7-13-5-3-2-4-6-13/h2-6,11,14H,7-10,12H2,1H3,(H,17,19,20). The summed E-state index contributed by atoms with van der Waals surface area (Å²) in [5.74, 6) is 1.47. The number of hydrogen-bond acceptors (Lipinski definition) is 7. The zero-order valence-electron chi connectivity index (χ0n) is 13.6. The molecule has 0 saturated carbocycles.